The second kappa shape index (κ2) is 7.02. The van der Waals surface area contributed by atoms with Crippen LogP contribution in [0.25, 0.3) is 0 Å². The van der Waals surface area contributed by atoms with Crippen LogP contribution in [0.4, 0.5) is 0 Å². The highest BCUT2D eigenvalue weighted by Crippen LogP contribution is 2.69. The predicted octanol–water partition coefficient (Wildman–Crippen LogP) is 3.00. The van der Waals surface area contributed by atoms with Gasteiger partial charge in [0.15, 0.2) is 0 Å². The molecule has 1 aliphatic heterocycles. The van der Waals surface area contributed by atoms with Crippen molar-refractivity contribution in [3.63, 3.8) is 0 Å². The third-order valence-corrected chi connectivity index (χ3v) is 9.96. The van der Waals surface area contributed by atoms with Crippen LogP contribution >= 0.6 is 0 Å². The van der Waals surface area contributed by atoms with Crippen molar-refractivity contribution in [2.75, 3.05) is 6.61 Å². The zero-order chi connectivity index (χ0) is 22.0. The Morgan fingerprint density at radius 3 is 2.68 bits per heavy atom. The van der Waals surface area contributed by atoms with Gasteiger partial charge in [0, 0.05) is 16.9 Å². The fraction of sp³-hybridized carbons (Fsp3) is 0.826. The van der Waals surface area contributed by atoms with E-state index in [9.17, 15) is 24.8 Å². The molecule has 0 unspecified atom stereocenters. The maximum absolute atomic E-state index is 12.6. The molecule has 170 valence electrons. The van der Waals surface area contributed by atoms with Crippen LogP contribution in [0.5, 0.6) is 0 Å². The van der Waals surface area contributed by atoms with Gasteiger partial charge in [-0.3, -0.25) is 0 Å². The summed E-state index contributed by atoms with van der Waals surface area (Å²) < 4.78 is 5.16. The summed E-state index contributed by atoms with van der Waals surface area (Å²) in [5.74, 6) is 0.0198. The topological polar surface area (TPSA) is 116 Å². The maximum atomic E-state index is 12.6. The van der Waals surface area contributed by atoms with E-state index in [4.69, 9.17) is 9.57 Å². The van der Waals surface area contributed by atoms with Crippen LogP contribution in [-0.4, -0.2) is 40.8 Å². The Labute approximate surface area is 181 Å². The summed E-state index contributed by atoms with van der Waals surface area (Å²) in [4.78, 5) is 39.9. The molecule has 8 nitrogen and oxygen atoms in total. The number of hydrogen-bond donors (Lipinski definition) is 1. The molecule has 4 fully saturated rings. The van der Waals surface area contributed by atoms with Crippen molar-refractivity contribution < 1.29 is 29.4 Å². The molecule has 0 aromatic carbocycles. The lowest BCUT2D eigenvalue weighted by molar-refractivity contribution is -0.769. The molecule has 0 spiro atoms. The van der Waals surface area contributed by atoms with E-state index in [1.807, 2.05) is 0 Å². The van der Waals surface area contributed by atoms with Gasteiger partial charge in [0.05, 0.1) is 5.60 Å². The van der Waals surface area contributed by atoms with Gasteiger partial charge in [0.25, 0.3) is 5.09 Å². The summed E-state index contributed by atoms with van der Waals surface area (Å²) in [6, 6.07) is 0. The standard InChI is InChI=1S/C23H31NO7/c1-21-7-5-18-19(23(21,27)9-6-17(21)14-10-20(26)30-12-14)3-2-15-11-16(31-24(28)29)4-8-22(15,18)13-25/h10,13,15-19,27H,2-9,11-12H2,1H3/t15-,16-,17+,18+,19+,21-,22-,23+/m1/s1. The first-order valence-corrected chi connectivity index (χ1v) is 11.6. The van der Waals surface area contributed by atoms with Gasteiger partial charge in [-0.2, -0.15) is 0 Å². The fourth-order valence-electron chi connectivity index (χ4n) is 8.51. The number of fused-ring (bicyclic) bond motifs is 5. The lowest BCUT2D eigenvalue weighted by atomic mass is 9.43. The lowest BCUT2D eigenvalue weighted by Gasteiger charge is -2.63. The molecule has 0 aromatic heterocycles. The number of cyclic esters (lactones) is 1. The Kier molecular flexibility index (Phi) is 4.74. The number of carbonyl (C=O) groups excluding carboxylic acids is 2. The van der Waals surface area contributed by atoms with Gasteiger partial charge in [0.1, 0.15) is 19.0 Å². The van der Waals surface area contributed by atoms with Crippen LogP contribution < -0.4 is 0 Å². The molecule has 0 amide bonds. The van der Waals surface area contributed by atoms with Crippen LogP contribution in [0.15, 0.2) is 11.6 Å². The van der Waals surface area contributed by atoms with Crippen LogP contribution in [0.1, 0.15) is 64.7 Å². The second-order valence-corrected chi connectivity index (χ2v) is 10.7. The summed E-state index contributed by atoms with van der Waals surface area (Å²) >= 11 is 0. The minimum absolute atomic E-state index is 0.0318. The van der Waals surface area contributed by atoms with Gasteiger partial charge >= 0.3 is 5.97 Å². The monoisotopic (exact) mass is 433 g/mol. The van der Waals surface area contributed by atoms with E-state index in [1.54, 1.807) is 6.08 Å². The van der Waals surface area contributed by atoms with Crippen molar-refractivity contribution in [3.05, 3.63) is 21.8 Å². The molecule has 4 aliphatic carbocycles. The molecule has 0 saturated heterocycles. The molecule has 0 radical (unpaired) electrons. The number of esters is 1. The van der Waals surface area contributed by atoms with Gasteiger partial charge in [-0.15, -0.1) is 10.1 Å². The second-order valence-electron chi connectivity index (χ2n) is 10.7. The van der Waals surface area contributed by atoms with Gasteiger partial charge in [-0.25, -0.2) is 4.79 Å². The molecule has 0 bridgehead atoms. The first-order chi connectivity index (χ1) is 14.7. The fourth-order valence-corrected chi connectivity index (χ4v) is 8.51. The Hall–Kier alpha value is -1.96. The third-order valence-electron chi connectivity index (χ3n) is 9.96. The van der Waals surface area contributed by atoms with Crippen molar-refractivity contribution in [2.45, 2.75) is 76.4 Å². The number of nitrogens with zero attached hydrogens (tertiary/aromatic N) is 1. The first kappa shape index (κ1) is 20.9. The zero-order valence-corrected chi connectivity index (χ0v) is 18.0. The molecule has 4 saturated carbocycles. The van der Waals surface area contributed by atoms with Crippen molar-refractivity contribution in [3.8, 4) is 0 Å². The average molecular weight is 434 g/mol. The van der Waals surface area contributed by atoms with E-state index in [0.717, 1.165) is 44.0 Å². The Morgan fingerprint density at radius 1 is 1.19 bits per heavy atom. The normalized spacial score (nSPS) is 48.6. The number of aldehydes is 1. The van der Waals surface area contributed by atoms with Crippen LogP contribution in [0.2, 0.25) is 0 Å². The smallest absolute Gasteiger partial charge is 0.331 e. The summed E-state index contributed by atoms with van der Waals surface area (Å²) in [5.41, 5.74) is -0.739. The minimum atomic E-state index is -0.873. The number of ether oxygens (including phenoxy) is 1. The van der Waals surface area contributed by atoms with E-state index in [1.165, 1.54) is 0 Å². The van der Waals surface area contributed by atoms with Gasteiger partial charge in [0.2, 0.25) is 0 Å². The molecule has 5 rings (SSSR count). The number of aliphatic hydroxyl groups is 1. The van der Waals surface area contributed by atoms with E-state index in [2.05, 4.69) is 6.92 Å². The van der Waals surface area contributed by atoms with Crippen LogP contribution in [-0.2, 0) is 19.2 Å². The molecular formula is C23H31NO7. The Balaban J connectivity index is 1.43. The minimum Gasteiger partial charge on any atom is -0.458 e. The summed E-state index contributed by atoms with van der Waals surface area (Å²) in [6.45, 7) is 2.48. The van der Waals surface area contributed by atoms with Crippen LogP contribution in [0, 0.1) is 44.6 Å². The summed E-state index contributed by atoms with van der Waals surface area (Å²) in [5, 5.41) is 22.2. The van der Waals surface area contributed by atoms with Crippen molar-refractivity contribution in [1.82, 2.24) is 0 Å². The molecule has 8 heteroatoms. The predicted molar refractivity (Wildman–Crippen MR) is 108 cm³/mol. The molecular weight excluding hydrogens is 402 g/mol. The molecule has 1 N–H and O–H groups in total. The first-order valence-electron chi connectivity index (χ1n) is 11.6. The Bertz CT molecular complexity index is 842. The molecule has 1 heterocycles. The summed E-state index contributed by atoms with van der Waals surface area (Å²) in [7, 11) is 0. The zero-order valence-electron chi connectivity index (χ0n) is 18.0. The molecule has 8 atom stereocenters. The van der Waals surface area contributed by atoms with Gasteiger partial charge in [-0.05, 0) is 87.0 Å². The van der Waals surface area contributed by atoms with Crippen LogP contribution in [0.3, 0.4) is 0 Å². The van der Waals surface area contributed by atoms with Gasteiger partial charge < -0.3 is 19.5 Å². The maximum Gasteiger partial charge on any atom is 0.331 e. The number of rotatable bonds is 4. The van der Waals surface area contributed by atoms with E-state index in [-0.39, 0.29) is 35.1 Å². The van der Waals surface area contributed by atoms with Crippen molar-refractivity contribution in [1.29, 1.82) is 0 Å². The van der Waals surface area contributed by atoms with Crippen molar-refractivity contribution in [2.24, 2.45) is 34.5 Å². The van der Waals surface area contributed by atoms with E-state index < -0.39 is 22.2 Å². The molecule has 5 aliphatic rings. The van der Waals surface area contributed by atoms with E-state index in [0.29, 0.717) is 32.3 Å². The largest absolute Gasteiger partial charge is 0.458 e. The van der Waals surface area contributed by atoms with Crippen molar-refractivity contribution >= 4 is 12.3 Å². The number of carbonyl (C=O) groups is 2. The van der Waals surface area contributed by atoms with E-state index >= 15 is 0 Å². The molecule has 31 heavy (non-hydrogen) atoms. The SMILES string of the molecule is C[C@]12CC[C@H]3[C@H](CC[C@@H]4C[C@H](O[N+](=O)[O-])CC[C@@]43C=O)[C@@]1(O)CC[C@H]2C1=CC(=O)OC1. The quantitative estimate of drug-likeness (QED) is 0.313. The highest BCUT2D eigenvalue weighted by Gasteiger charge is 2.68. The average Bonchev–Trinajstić information content (AvgIpc) is 3.27. The highest BCUT2D eigenvalue weighted by atomic mass is 17.0. The third kappa shape index (κ3) is 2.82. The molecule has 0 aromatic rings. The highest BCUT2D eigenvalue weighted by molar-refractivity contribution is 5.85. The lowest BCUT2D eigenvalue weighted by Crippen LogP contribution is -2.63. The van der Waals surface area contributed by atoms with Gasteiger partial charge in [-0.1, -0.05) is 6.92 Å². The summed E-state index contributed by atoms with van der Waals surface area (Å²) in [6.07, 6.45) is 8.68. The Morgan fingerprint density at radius 2 is 2.00 bits per heavy atom. The number of hydrogen-bond acceptors (Lipinski definition) is 7.